The average molecular weight is 135 g/mol. The van der Waals surface area contributed by atoms with E-state index in [1.165, 1.54) is 11.1 Å². The maximum atomic E-state index is 3.30. The van der Waals surface area contributed by atoms with Gasteiger partial charge in [-0.1, -0.05) is 32.4 Å². The van der Waals surface area contributed by atoms with Crippen molar-refractivity contribution in [1.82, 2.24) is 0 Å². The summed E-state index contributed by atoms with van der Waals surface area (Å²) in [5, 5.41) is 0. The number of allylic oxidation sites excluding steroid dienone is 4. The Kier molecular flexibility index (Phi) is 1.72. The monoisotopic (exact) mass is 135 g/mol. The molecule has 0 amide bonds. The Hall–Kier alpha value is -0.520. The third-order valence-electron chi connectivity index (χ3n) is 1.91. The molecule has 0 nitrogen and oxygen atoms in total. The van der Waals surface area contributed by atoms with E-state index in [0.29, 0.717) is 5.41 Å². The van der Waals surface area contributed by atoms with E-state index < -0.39 is 0 Å². The Morgan fingerprint density at radius 2 is 2.00 bits per heavy atom. The predicted octanol–water partition coefficient (Wildman–Crippen LogP) is 3.11. The highest BCUT2D eigenvalue weighted by molar-refractivity contribution is 5.30. The number of rotatable bonds is 0. The van der Waals surface area contributed by atoms with Crippen molar-refractivity contribution < 1.29 is 0 Å². The fraction of sp³-hybridized carbons (Fsp3) is 0.600. The van der Waals surface area contributed by atoms with Gasteiger partial charge in [0.05, 0.1) is 0 Å². The van der Waals surface area contributed by atoms with Crippen LogP contribution in [0.25, 0.3) is 0 Å². The summed E-state index contributed by atoms with van der Waals surface area (Å²) >= 11 is 0. The smallest absolute Gasteiger partial charge is 0.00531 e. The van der Waals surface area contributed by atoms with Gasteiger partial charge in [-0.05, 0) is 30.4 Å². The highest BCUT2D eigenvalue weighted by Crippen LogP contribution is 2.32. The molecule has 1 radical (unpaired) electrons. The summed E-state index contributed by atoms with van der Waals surface area (Å²) in [6.07, 6.45) is 6.59. The minimum absolute atomic E-state index is 0.338. The van der Waals surface area contributed by atoms with Gasteiger partial charge in [0.25, 0.3) is 0 Å². The van der Waals surface area contributed by atoms with Gasteiger partial charge < -0.3 is 0 Å². The van der Waals surface area contributed by atoms with Crippen LogP contribution in [0.2, 0.25) is 0 Å². The highest BCUT2D eigenvalue weighted by atomic mass is 14.2. The molecule has 1 aliphatic carbocycles. The first kappa shape index (κ1) is 7.59. The van der Waals surface area contributed by atoms with Crippen LogP contribution in [-0.2, 0) is 0 Å². The van der Waals surface area contributed by atoms with Crippen LogP contribution in [0, 0.1) is 11.5 Å². The molecule has 0 heteroatoms. The van der Waals surface area contributed by atoms with Crippen molar-refractivity contribution >= 4 is 0 Å². The molecule has 1 aliphatic rings. The molecule has 0 bridgehead atoms. The fourth-order valence-electron chi connectivity index (χ4n) is 1.08. The molecule has 1 rings (SSSR count). The molecule has 0 aromatic rings. The van der Waals surface area contributed by atoms with Gasteiger partial charge in [0.2, 0.25) is 0 Å². The first-order valence-corrected chi connectivity index (χ1v) is 3.78. The SMILES string of the molecule is CC1=[C]CC(C(C)(C)C)=C1. The first-order valence-electron chi connectivity index (χ1n) is 3.78. The van der Waals surface area contributed by atoms with Crippen LogP contribution in [0.4, 0.5) is 0 Å². The standard InChI is InChI=1S/C10H15/c1-8-5-6-9(7-8)10(2,3)4/h7H,6H2,1-4H3. The van der Waals surface area contributed by atoms with Crippen LogP contribution in [0.3, 0.4) is 0 Å². The van der Waals surface area contributed by atoms with E-state index >= 15 is 0 Å². The van der Waals surface area contributed by atoms with E-state index in [4.69, 9.17) is 0 Å². The molecule has 10 heavy (non-hydrogen) atoms. The summed E-state index contributed by atoms with van der Waals surface area (Å²) in [7, 11) is 0. The second kappa shape index (κ2) is 2.26. The molecule has 0 heterocycles. The summed E-state index contributed by atoms with van der Waals surface area (Å²) in [6, 6.07) is 0. The lowest BCUT2D eigenvalue weighted by molar-refractivity contribution is 0.495. The van der Waals surface area contributed by atoms with E-state index in [2.05, 4.69) is 39.8 Å². The van der Waals surface area contributed by atoms with E-state index in [1.807, 2.05) is 0 Å². The lowest BCUT2D eigenvalue weighted by Gasteiger charge is -2.19. The van der Waals surface area contributed by atoms with Crippen molar-refractivity contribution in [3.8, 4) is 0 Å². The molecular formula is C10H15. The Morgan fingerprint density at radius 1 is 1.40 bits per heavy atom. The molecule has 0 aliphatic heterocycles. The van der Waals surface area contributed by atoms with Crippen molar-refractivity contribution in [1.29, 1.82) is 0 Å². The zero-order chi connectivity index (χ0) is 7.78. The van der Waals surface area contributed by atoms with E-state index in [1.54, 1.807) is 0 Å². The Bertz CT molecular complexity index is 187. The van der Waals surface area contributed by atoms with E-state index in [0.717, 1.165) is 6.42 Å². The molecule has 0 aromatic carbocycles. The zero-order valence-corrected chi connectivity index (χ0v) is 7.28. The molecular weight excluding hydrogens is 120 g/mol. The minimum atomic E-state index is 0.338. The van der Waals surface area contributed by atoms with Gasteiger partial charge in [-0.3, -0.25) is 0 Å². The van der Waals surface area contributed by atoms with Crippen molar-refractivity contribution in [2.45, 2.75) is 34.1 Å². The number of hydrogen-bond donors (Lipinski definition) is 0. The van der Waals surface area contributed by atoms with Gasteiger partial charge in [-0.25, -0.2) is 0 Å². The maximum Gasteiger partial charge on any atom is -0.00531 e. The third kappa shape index (κ3) is 1.50. The van der Waals surface area contributed by atoms with Crippen LogP contribution in [0.1, 0.15) is 34.1 Å². The van der Waals surface area contributed by atoms with Crippen molar-refractivity contribution in [3.05, 3.63) is 23.3 Å². The summed E-state index contributed by atoms with van der Waals surface area (Å²) in [4.78, 5) is 0. The molecule has 0 spiro atoms. The normalized spacial score (nSPS) is 18.8. The Labute approximate surface area is 63.6 Å². The molecule has 0 fully saturated rings. The van der Waals surface area contributed by atoms with Crippen LogP contribution in [-0.4, -0.2) is 0 Å². The first-order chi connectivity index (χ1) is 4.50. The Balaban J connectivity index is 2.73. The topological polar surface area (TPSA) is 0 Å². The number of hydrogen-bond acceptors (Lipinski definition) is 0. The minimum Gasteiger partial charge on any atom is -0.0602 e. The second-order valence-electron chi connectivity index (χ2n) is 3.96. The van der Waals surface area contributed by atoms with Gasteiger partial charge >= 0.3 is 0 Å². The lowest BCUT2D eigenvalue weighted by atomic mass is 9.86. The predicted molar refractivity (Wildman–Crippen MR) is 44.6 cm³/mol. The summed E-state index contributed by atoms with van der Waals surface area (Å²) < 4.78 is 0. The summed E-state index contributed by atoms with van der Waals surface area (Å²) in [5.41, 5.74) is 3.14. The molecule has 0 saturated heterocycles. The average Bonchev–Trinajstić information content (AvgIpc) is 2.11. The maximum absolute atomic E-state index is 3.30. The van der Waals surface area contributed by atoms with Crippen molar-refractivity contribution in [2.24, 2.45) is 5.41 Å². The van der Waals surface area contributed by atoms with Gasteiger partial charge in [-0.2, -0.15) is 0 Å². The van der Waals surface area contributed by atoms with E-state index in [9.17, 15) is 0 Å². The van der Waals surface area contributed by atoms with Gasteiger partial charge in [-0.15, -0.1) is 0 Å². The van der Waals surface area contributed by atoms with Crippen molar-refractivity contribution in [2.75, 3.05) is 0 Å². The van der Waals surface area contributed by atoms with Crippen LogP contribution in [0.5, 0.6) is 0 Å². The van der Waals surface area contributed by atoms with Gasteiger partial charge in [0, 0.05) is 0 Å². The van der Waals surface area contributed by atoms with Crippen LogP contribution < -0.4 is 0 Å². The quantitative estimate of drug-likeness (QED) is 0.478. The molecule has 0 saturated carbocycles. The summed E-state index contributed by atoms with van der Waals surface area (Å²) in [5.74, 6) is 0. The molecule has 55 valence electrons. The fourth-order valence-corrected chi connectivity index (χ4v) is 1.08. The molecule has 0 unspecified atom stereocenters. The molecule has 0 N–H and O–H groups in total. The van der Waals surface area contributed by atoms with Crippen LogP contribution >= 0.6 is 0 Å². The van der Waals surface area contributed by atoms with Crippen LogP contribution in [0.15, 0.2) is 17.2 Å². The Morgan fingerprint density at radius 3 is 2.20 bits per heavy atom. The summed E-state index contributed by atoms with van der Waals surface area (Å²) in [6.45, 7) is 8.86. The van der Waals surface area contributed by atoms with E-state index in [-0.39, 0.29) is 0 Å². The highest BCUT2D eigenvalue weighted by Gasteiger charge is 2.18. The zero-order valence-electron chi connectivity index (χ0n) is 7.28. The largest absolute Gasteiger partial charge is 0.0602 e. The van der Waals surface area contributed by atoms with Gasteiger partial charge in [0.1, 0.15) is 0 Å². The molecule has 0 atom stereocenters. The van der Waals surface area contributed by atoms with Crippen molar-refractivity contribution in [3.63, 3.8) is 0 Å². The van der Waals surface area contributed by atoms with Gasteiger partial charge in [0.15, 0.2) is 0 Å². The third-order valence-corrected chi connectivity index (χ3v) is 1.91. The lowest BCUT2D eigenvalue weighted by Crippen LogP contribution is -2.07. The second-order valence-corrected chi connectivity index (χ2v) is 3.96. The molecule has 0 aromatic heterocycles.